The minimum Gasteiger partial charge on any atom is -0.322 e. The molecule has 8 heteroatoms. The van der Waals surface area contributed by atoms with Gasteiger partial charge in [-0.15, -0.1) is 0 Å². The third kappa shape index (κ3) is 3.60. The Hall–Kier alpha value is -2.34. The molecule has 26 heavy (non-hydrogen) atoms. The molecule has 0 bridgehead atoms. The molecule has 0 saturated carbocycles. The van der Waals surface area contributed by atoms with Gasteiger partial charge in [0.2, 0.25) is 0 Å². The van der Waals surface area contributed by atoms with E-state index >= 15 is 0 Å². The summed E-state index contributed by atoms with van der Waals surface area (Å²) in [6.07, 6.45) is 1.29. The fourth-order valence-corrected chi connectivity index (χ4v) is 2.72. The molecule has 1 heterocycles. The van der Waals surface area contributed by atoms with Gasteiger partial charge in [-0.3, -0.25) is 9.59 Å². The van der Waals surface area contributed by atoms with Gasteiger partial charge in [0.15, 0.2) is 0 Å². The van der Waals surface area contributed by atoms with Crippen LogP contribution in [0.3, 0.4) is 0 Å². The summed E-state index contributed by atoms with van der Waals surface area (Å²) in [7, 11) is 0. The van der Waals surface area contributed by atoms with Gasteiger partial charge in [0.25, 0.3) is 11.5 Å². The predicted molar refractivity (Wildman–Crippen MR) is 104 cm³/mol. The molecule has 3 rings (SSSR count). The molecule has 5 nitrogen and oxygen atoms in total. The van der Waals surface area contributed by atoms with Crippen molar-refractivity contribution in [2.45, 2.75) is 6.92 Å². The summed E-state index contributed by atoms with van der Waals surface area (Å²) >= 11 is 17.7. The van der Waals surface area contributed by atoms with Gasteiger partial charge in [0, 0.05) is 16.3 Å². The Morgan fingerprint density at radius 2 is 1.73 bits per heavy atom. The number of benzene rings is 2. The topological polar surface area (TPSA) is 64.0 Å². The molecule has 1 aromatic heterocycles. The Kier molecular flexibility index (Phi) is 5.32. The molecule has 2 aromatic carbocycles. The third-order valence-corrected chi connectivity index (χ3v) is 4.92. The second kappa shape index (κ2) is 7.50. The number of carbonyl (C=O) groups excluding carboxylic acids is 1. The highest BCUT2D eigenvalue weighted by molar-refractivity contribution is 6.41. The van der Waals surface area contributed by atoms with Crippen LogP contribution in [0.4, 0.5) is 5.69 Å². The van der Waals surface area contributed by atoms with Gasteiger partial charge in [-0.25, -0.2) is 0 Å². The van der Waals surface area contributed by atoms with Crippen molar-refractivity contribution in [3.8, 4) is 5.69 Å². The number of nitrogens with zero attached hydrogens (tertiary/aromatic N) is 2. The number of carbonyl (C=O) groups is 1. The van der Waals surface area contributed by atoms with E-state index in [2.05, 4.69) is 10.4 Å². The second-order valence-corrected chi connectivity index (χ2v) is 6.63. The van der Waals surface area contributed by atoms with Gasteiger partial charge in [0.1, 0.15) is 5.02 Å². The molecule has 1 N–H and O–H groups in total. The summed E-state index contributed by atoms with van der Waals surface area (Å²) in [4.78, 5) is 24.5. The number of amides is 1. The van der Waals surface area contributed by atoms with E-state index in [4.69, 9.17) is 34.8 Å². The normalized spacial score (nSPS) is 10.6. The van der Waals surface area contributed by atoms with E-state index < -0.39 is 5.56 Å². The maximum atomic E-state index is 12.4. The lowest BCUT2D eigenvalue weighted by Gasteiger charge is -2.10. The summed E-state index contributed by atoms with van der Waals surface area (Å²) in [5, 5.41) is 7.30. The zero-order valence-electron chi connectivity index (χ0n) is 13.5. The van der Waals surface area contributed by atoms with E-state index in [0.29, 0.717) is 22.0 Å². The first kappa shape index (κ1) is 18.5. The van der Waals surface area contributed by atoms with Crippen LogP contribution in [0.15, 0.2) is 53.5 Å². The SMILES string of the molecule is Cc1c(Cl)cccc1NC(=O)c1ccc(-n2ncc(Cl)c(Cl)c2=O)cc1. The molecule has 0 saturated heterocycles. The highest BCUT2D eigenvalue weighted by Gasteiger charge is 2.12. The molecule has 132 valence electrons. The van der Waals surface area contributed by atoms with Crippen molar-refractivity contribution in [1.82, 2.24) is 9.78 Å². The summed E-state index contributed by atoms with van der Waals surface area (Å²) in [5.41, 5.74) is 1.76. The van der Waals surface area contributed by atoms with Gasteiger partial charge >= 0.3 is 0 Å². The molecule has 0 atom stereocenters. The molecular weight excluding hydrogens is 397 g/mol. The number of rotatable bonds is 3. The highest BCUT2D eigenvalue weighted by atomic mass is 35.5. The Balaban J connectivity index is 1.86. The van der Waals surface area contributed by atoms with Crippen LogP contribution in [0.5, 0.6) is 0 Å². The van der Waals surface area contributed by atoms with Crippen molar-refractivity contribution in [2.75, 3.05) is 5.32 Å². The summed E-state index contributed by atoms with van der Waals surface area (Å²) in [6, 6.07) is 11.6. The number of anilines is 1. The fourth-order valence-electron chi connectivity index (χ4n) is 2.29. The Morgan fingerprint density at radius 3 is 2.42 bits per heavy atom. The average molecular weight is 409 g/mol. The van der Waals surface area contributed by atoms with E-state index in [0.717, 1.165) is 10.2 Å². The lowest BCUT2D eigenvalue weighted by Crippen LogP contribution is -2.21. The van der Waals surface area contributed by atoms with E-state index in [1.54, 1.807) is 42.5 Å². The molecule has 1 amide bonds. The van der Waals surface area contributed by atoms with Crippen LogP contribution in [0.2, 0.25) is 15.1 Å². The van der Waals surface area contributed by atoms with Crippen molar-refractivity contribution in [2.24, 2.45) is 0 Å². The van der Waals surface area contributed by atoms with E-state index in [1.807, 2.05) is 6.92 Å². The minimum absolute atomic E-state index is 0.0841. The van der Waals surface area contributed by atoms with Crippen molar-refractivity contribution in [3.63, 3.8) is 0 Å². The highest BCUT2D eigenvalue weighted by Crippen LogP contribution is 2.23. The minimum atomic E-state index is -0.536. The van der Waals surface area contributed by atoms with Crippen LogP contribution < -0.4 is 10.9 Å². The molecule has 0 aliphatic heterocycles. The number of hydrogen-bond donors (Lipinski definition) is 1. The first-order chi connectivity index (χ1) is 12.4. The summed E-state index contributed by atoms with van der Waals surface area (Å²) in [6.45, 7) is 1.82. The van der Waals surface area contributed by atoms with E-state index in [-0.39, 0.29) is 16.0 Å². The first-order valence-corrected chi connectivity index (χ1v) is 8.62. The van der Waals surface area contributed by atoms with Crippen LogP contribution in [-0.4, -0.2) is 15.7 Å². The Morgan fingerprint density at radius 1 is 1.04 bits per heavy atom. The van der Waals surface area contributed by atoms with Crippen LogP contribution in [0.1, 0.15) is 15.9 Å². The fraction of sp³-hybridized carbons (Fsp3) is 0.0556. The number of aromatic nitrogens is 2. The number of nitrogens with one attached hydrogen (secondary N) is 1. The molecular formula is C18H12Cl3N3O2. The molecule has 3 aromatic rings. The molecule has 0 aliphatic rings. The molecule has 0 fully saturated rings. The predicted octanol–water partition coefficient (Wildman–Crippen LogP) is 4.75. The monoisotopic (exact) mass is 407 g/mol. The lowest BCUT2D eigenvalue weighted by molar-refractivity contribution is 0.102. The van der Waals surface area contributed by atoms with Crippen LogP contribution in [0.25, 0.3) is 5.69 Å². The molecule has 0 unspecified atom stereocenters. The molecule has 0 spiro atoms. The molecule has 0 aliphatic carbocycles. The largest absolute Gasteiger partial charge is 0.322 e. The van der Waals surface area contributed by atoms with Crippen LogP contribution in [-0.2, 0) is 0 Å². The Labute approximate surface area is 164 Å². The summed E-state index contributed by atoms with van der Waals surface area (Å²) < 4.78 is 1.11. The van der Waals surface area contributed by atoms with Crippen molar-refractivity contribution in [1.29, 1.82) is 0 Å². The zero-order chi connectivity index (χ0) is 18.8. The standard InChI is InChI=1S/C18H12Cl3N3O2/c1-10-13(19)3-2-4-15(10)23-17(25)11-5-7-12(8-6-11)24-18(26)16(21)14(20)9-22-24/h2-9H,1H3,(H,23,25). The van der Waals surface area contributed by atoms with Gasteiger partial charge in [-0.1, -0.05) is 40.9 Å². The quantitative estimate of drug-likeness (QED) is 0.680. The van der Waals surface area contributed by atoms with E-state index in [9.17, 15) is 9.59 Å². The van der Waals surface area contributed by atoms with Gasteiger partial charge < -0.3 is 5.32 Å². The van der Waals surface area contributed by atoms with Crippen molar-refractivity contribution >= 4 is 46.4 Å². The maximum absolute atomic E-state index is 12.4. The van der Waals surface area contributed by atoms with Crippen molar-refractivity contribution < 1.29 is 4.79 Å². The molecule has 0 radical (unpaired) electrons. The lowest BCUT2D eigenvalue weighted by atomic mass is 10.1. The number of hydrogen-bond acceptors (Lipinski definition) is 3. The third-order valence-electron chi connectivity index (χ3n) is 3.77. The summed E-state index contributed by atoms with van der Waals surface area (Å²) in [5.74, 6) is -0.295. The van der Waals surface area contributed by atoms with Gasteiger partial charge in [0.05, 0.1) is 16.9 Å². The Bertz CT molecular complexity index is 1050. The average Bonchev–Trinajstić information content (AvgIpc) is 2.64. The number of halogens is 3. The van der Waals surface area contributed by atoms with E-state index in [1.165, 1.54) is 6.20 Å². The second-order valence-electron chi connectivity index (χ2n) is 5.44. The van der Waals surface area contributed by atoms with Crippen LogP contribution >= 0.6 is 34.8 Å². The van der Waals surface area contributed by atoms with Crippen LogP contribution in [0, 0.1) is 6.92 Å². The van der Waals surface area contributed by atoms with Gasteiger partial charge in [-0.2, -0.15) is 9.78 Å². The first-order valence-electron chi connectivity index (χ1n) is 7.48. The zero-order valence-corrected chi connectivity index (χ0v) is 15.7. The maximum Gasteiger partial charge on any atom is 0.291 e. The van der Waals surface area contributed by atoms with Crippen molar-refractivity contribution in [3.05, 3.63) is 85.2 Å². The smallest absolute Gasteiger partial charge is 0.291 e. The van der Waals surface area contributed by atoms with Gasteiger partial charge in [-0.05, 0) is 48.9 Å².